The Balaban J connectivity index is 2.84. The van der Waals surface area contributed by atoms with Crippen LogP contribution in [0.15, 0.2) is 24.1 Å². The lowest BCUT2D eigenvalue weighted by atomic mass is 10.3. The minimum atomic E-state index is -3.66. The van der Waals surface area contributed by atoms with Gasteiger partial charge in [-0.2, -0.15) is 4.68 Å². The highest BCUT2D eigenvalue weighted by molar-refractivity contribution is 7.91. The fraction of sp³-hybridized carbons (Fsp3) is 0.643. The Morgan fingerprint density at radius 1 is 1.48 bits per heavy atom. The van der Waals surface area contributed by atoms with Crippen LogP contribution in [0.3, 0.4) is 0 Å². The molecule has 0 saturated carbocycles. The molecule has 1 rings (SSSR count). The second kappa shape index (κ2) is 9.41. The van der Waals surface area contributed by atoms with Crippen molar-refractivity contribution in [3.8, 4) is 0 Å². The third-order valence-corrected chi connectivity index (χ3v) is 4.49. The number of amides is 1. The summed E-state index contributed by atoms with van der Waals surface area (Å²) >= 11 is 0. The van der Waals surface area contributed by atoms with Crippen LogP contribution in [-0.4, -0.2) is 66.2 Å². The van der Waals surface area contributed by atoms with E-state index >= 15 is 0 Å². The predicted octanol–water partition coefficient (Wildman–Crippen LogP) is 1.34. The quantitative estimate of drug-likeness (QED) is 0.470. The first-order chi connectivity index (χ1) is 11.0. The van der Waals surface area contributed by atoms with E-state index in [2.05, 4.69) is 16.7 Å². The molecule has 0 spiro atoms. The second-order valence-electron chi connectivity index (χ2n) is 4.86. The summed E-state index contributed by atoms with van der Waals surface area (Å²) < 4.78 is 30.1. The molecule has 0 aliphatic carbocycles. The van der Waals surface area contributed by atoms with E-state index in [1.165, 1.54) is 0 Å². The largest absolute Gasteiger partial charge is 0.381 e. The van der Waals surface area contributed by atoms with E-state index in [9.17, 15) is 13.2 Å². The highest BCUT2D eigenvalue weighted by Gasteiger charge is 2.22. The van der Waals surface area contributed by atoms with Gasteiger partial charge < -0.3 is 9.64 Å². The van der Waals surface area contributed by atoms with Gasteiger partial charge in [0.25, 0.3) is 5.16 Å². The van der Waals surface area contributed by atoms with Crippen LogP contribution >= 0.6 is 0 Å². The number of ether oxygens (including phenoxy) is 1. The third-order valence-electron chi connectivity index (χ3n) is 3.05. The topological polar surface area (TPSA) is 94.4 Å². The van der Waals surface area contributed by atoms with Crippen molar-refractivity contribution in [1.29, 1.82) is 0 Å². The molecule has 0 N–H and O–H groups in total. The molecule has 0 aromatic carbocycles. The maximum absolute atomic E-state index is 12.4. The Kier molecular flexibility index (Phi) is 7.90. The summed E-state index contributed by atoms with van der Waals surface area (Å²) in [7, 11) is -3.66. The minimum absolute atomic E-state index is 0.0699. The van der Waals surface area contributed by atoms with Crippen molar-refractivity contribution in [1.82, 2.24) is 19.7 Å². The normalized spacial score (nSPS) is 11.4. The molecular weight excluding hydrogens is 320 g/mol. The zero-order valence-electron chi connectivity index (χ0n) is 13.6. The molecular formula is C14H24N4O4S. The van der Waals surface area contributed by atoms with Crippen molar-refractivity contribution < 1.29 is 17.9 Å². The standard InChI is InChI=1S/C14H24N4O4S/c1-4-7-9-17(8-5-2)14(19)18-12-15-13(16-18)23(20,21)11-10-22-6-3/h5,12H,2,4,6-11H2,1,3H3. The average molecular weight is 344 g/mol. The number of aromatic nitrogens is 3. The molecule has 0 bridgehead atoms. The molecule has 0 saturated heterocycles. The Labute approximate surface area is 137 Å². The van der Waals surface area contributed by atoms with Gasteiger partial charge in [0.1, 0.15) is 6.33 Å². The number of carbonyl (C=O) groups is 1. The van der Waals surface area contributed by atoms with Gasteiger partial charge in [-0.15, -0.1) is 11.7 Å². The van der Waals surface area contributed by atoms with Gasteiger partial charge in [-0.3, -0.25) is 0 Å². The highest BCUT2D eigenvalue weighted by Crippen LogP contribution is 2.06. The lowest BCUT2D eigenvalue weighted by molar-refractivity contribution is 0.163. The molecule has 8 nitrogen and oxygen atoms in total. The summed E-state index contributed by atoms with van der Waals surface area (Å²) in [5.41, 5.74) is 0. The van der Waals surface area contributed by atoms with E-state index in [4.69, 9.17) is 4.74 Å². The third kappa shape index (κ3) is 5.76. The van der Waals surface area contributed by atoms with Crippen LogP contribution in [0.4, 0.5) is 4.79 Å². The number of rotatable bonds is 10. The van der Waals surface area contributed by atoms with E-state index in [0.29, 0.717) is 19.7 Å². The van der Waals surface area contributed by atoms with Crippen LogP contribution < -0.4 is 0 Å². The summed E-state index contributed by atoms with van der Waals surface area (Å²) in [5, 5.41) is 3.45. The zero-order chi connectivity index (χ0) is 17.3. The Morgan fingerprint density at radius 2 is 2.22 bits per heavy atom. The van der Waals surface area contributed by atoms with Gasteiger partial charge in [-0.1, -0.05) is 19.4 Å². The van der Waals surface area contributed by atoms with Crippen LogP contribution in [0.2, 0.25) is 0 Å². The molecule has 0 unspecified atom stereocenters. The number of carbonyl (C=O) groups excluding carboxylic acids is 1. The minimum Gasteiger partial charge on any atom is -0.381 e. The number of hydrogen-bond donors (Lipinski definition) is 0. The van der Waals surface area contributed by atoms with Crippen molar-refractivity contribution in [2.75, 3.05) is 32.1 Å². The predicted molar refractivity (Wildman–Crippen MR) is 86.0 cm³/mol. The highest BCUT2D eigenvalue weighted by atomic mass is 32.2. The molecule has 0 atom stereocenters. The molecule has 1 aromatic rings. The molecule has 0 radical (unpaired) electrons. The molecule has 23 heavy (non-hydrogen) atoms. The van der Waals surface area contributed by atoms with Crippen LogP contribution in [-0.2, 0) is 14.6 Å². The fourth-order valence-electron chi connectivity index (χ4n) is 1.80. The van der Waals surface area contributed by atoms with Crippen LogP contribution in [0.25, 0.3) is 0 Å². The molecule has 0 fully saturated rings. The molecule has 1 heterocycles. The number of unbranched alkanes of at least 4 members (excludes halogenated alkanes) is 1. The van der Waals surface area contributed by atoms with Crippen molar-refractivity contribution >= 4 is 15.9 Å². The van der Waals surface area contributed by atoms with Gasteiger partial charge >= 0.3 is 6.03 Å². The van der Waals surface area contributed by atoms with E-state index in [-0.39, 0.29) is 17.5 Å². The van der Waals surface area contributed by atoms with Crippen LogP contribution in [0.1, 0.15) is 26.7 Å². The Hall–Kier alpha value is -1.74. The molecule has 0 aliphatic rings. The summed E-state index contributed by atoms with van der Waals surface area (Å²) in [6, 6.07) is -0.419. The SMILES string of the molecule is C=CCN(CCCC)C(=O)n1cnc(S(=O)(=O)CCOCC)n1. The first-order valence-electron chi connectivity index (χ1n) is 7.58. The number of sulfone groups is 1. The van der Waals surface area contributed by atoms with E-state index in [1.54, 1.807) is 17.9 Å². The second-order valence-corrected chi connectivity index (χ2v) is 6.86. The summed E-state index contributed by atoms with van der Waals surface area (Å²) in [5.74, 6) is -0.217. The lowest BCUT2D eigenvalue weighted by Gasteiger charge is -2.19. The van der Waals surface area contributed by atoms with Gasteiger partial charge in [0, 0.05) is 19.7 Å². The molecule has 9 heteroatoms. The first-order valence-corrected chi connectivity index (χ1v) is 9.23. The molecule has 1 amide bonds. The lowest BCUT2D eigenvalue weighted by Crippen LogP contribution is -2.36. The molecule has 130 valence electrons. The van der Waals surface area contributed by atoms with Gasteiger partial charge in [-0.25, -0.2) is 18.2 Å². The molecule has 0 aliphatic heterocycles. The van der Waals surface area contributed by atoms with E-state index in [0.717, 1.165) is 23.9 Å². The van der Waals surface area contributed by atoms with Crippen molar-refractivity contribution in [3.63, 3.8) is 0 Å². The average Bonchev–Trinajstić information content (AvgIpc) is 3.01. The number of nitrogens with zero attached hydrogens (tertiary/aromatic N) is 4. The molecule has 1 aromatic heterocycles. The van der Waals surface area contributed by atoms with Gasteiger partial charge in [-0.05, 0) is 13.3 Å². The maximum atomic E-state index is 12.4. The summed E-state index contributed by atoms with van der Waals surface area (Å²) in [6.45, 7) is 8.84. The smallest absolute Gasteiger partial charge is 0.346 e. The van der Waals surface area contributed by atoms with Crippen LogP contribution in [0, 0.1) is 0 Å². The van der Waals surface area contributed by atoms with Crippen molar-refractivity contribution in [3.05, 3.63) is 19.0 Å². The fourth-order valence-corrected chi connectivity index (χ4v) is 2.74. The van der Waals surface area contributed by atoms with Crippen LogP contribution in [0.5, 0.6) is 0 Å². The summed E-state index contributed by atoms with van der Waals surface area (Å²) in [6.07, 6.45) is 4.52. The Morgan fingerprint density at radius 3 is 2.83 bits per heavy atom. The summed E-state index contributed by atoms with van der Waals surface area (Å²) in [4.78, 5) is 17.6. The van der Waals surface area contributed by atoms with Gasteiger partial charge in [0.15, 0.2) is 0 Å². The number of hydrogen-bond acceptors (Lipinski definition) is 6. The van der Waals surface area contributed by atoms with E-state index < -0.39 is 15.9 Å². The van der Waals surface area contributed by atoms with Crippen molar-refractivity contribution in [2.45, 2.75) is 31.8 Å². The monoisotopic (exact) mass is 344 g/mol. The first kappa shape index (κ1) is 19.3. The van der Waals surface area contributed by atoms with E-state index in [1.807, 2.05) is 6.92 Å². The van der Waals surface area contributed by atoms with Gasteiger partial charge in [0.05, 0.1) is 12.4 Å². The Bertz CT molecular complexity index is 612. The van der Waals surface area contributed by atoms with Crippen molar-refractivity contribution in [2.24, 2.45) is 0 Å². The maximum Gasteiger partial charge on any atom is 0.346 e. The zero-order valence-corrected chi connectivity index (χ0v) is 14.5. The van der Waals surface area contributed by atoms with Gasteiger partial charge in [0.2, 0.25) is 9.84 Å².